The van der Waals surface area contributed by atoms with Gasteiger partial charge in [-0.05, 0) is 42.1 Å². The summed E-state index contributed by atoms with van der Waals surface area (Å²) in [7, 11) is 0. The highest BCUT2D eigenvalue weighted by molar-refractivity contribution is 7.17. The van der Waals surface area contributed by atoms with E-state index in [1.54, 1.807) is 0 Å². The molecule has 0 fully saturated rings. The van der Waals surface area contributed by atoms with E-state index in [4.69, 9.17) is 5.73 Å². The number of nitrogens with two attached hydrogens (primary N) is 1. The van der Waals surface area contributed by atoms with Crippen LogP contribution in [0.5, 0.6) is 0 Å². The highest BCUT2D eigenvalue weighted by Gasteiger charge is 2.27. The van der Waals surface area contributed by atoms with E-state index in [1.165, 1.54) is 22.3 Å². The van der Waals surface area contributed by atoms with Crippen molar-refractivity contribution in [1.82, 2.24) is 14.8 Å². The van der Waals surface area contributed by atoms with E-state index in [-0.39, 0.29) is 12.3 Å². The number of aromatic nitrogens is 3. The van der Waals surface area contributed by atoms with Crippen LogP contribution in [-0.4, -0.2) is 31.5 Å². The van der Waals surface area contributed by atoms with Gasteiger partial charge in [-0.15, -0.1) is 11.3 Å². The summed E-state index contributed by atoms with van der Waals surface area (Å²) in [6, 6.07) is 0. The Morgan fingerprint density at radius 1 is 1.52 bits per heavy atom. The summed E-state index contributed by atoms with van der Waals surface area (Å²) < 4.78 is 1.32. The Morgan fingerprint density at radius 2 is 2.30 bits per heavy atom. The van der Waals surface area contributed by atoms with Crippen LogP contribution in [0, 0.1) is 16.0 Å². The van der Waals surface area contributed by atoms with Crippen LogP contribution < -0.4 is 11.1 Å². The number of nitrogens with zero attached hydrogens (tertiary/aromatic N) is 4. The van der Waals surface area contributed by atoms with E-state index in [1.807, 2.05) is 0 Å². The molecule has 2 aromatic rings. The molecule has 1 atom stereocenters. The van der Waals surface area contributed by atoms with Crippen LogP contribution in [0.4, 0.5) is 10.9 Å². The van der Waals surface area contributed by atoms with Crippen LogP contribution in [-0.2, 0) is 24.2 Å². The van der Waals surface area contributed by atoms with Crippen molar-refractivity contribution in [1.29, 1.82) is 0 Å². The normalized spacial score (nSPS) is 16.0. The maximum absolute atomic E-state index is 12.3. The molecule has 2 aromatic heterocycles. The second-order valence-corrected chi connectivity index (χ2v) is 7.74. The average molecular weight is 392 g/mol. The Kier molecular flexibility index (Phi) is 5.49. The Hall–Kier alpha value is -2.82. The molecule has 2 heterocycles. The number of fused-ring (bicyclic) bond motifs is 1. The molecule has 0 aliphatic heterocycles. The molecule has 0 radical (unpaired) electrons. The van der Waals surface area contributed by atoms with Crippen LogP contribution in [0.1, 0.15) is 47.0 Å². The molecule has 27 heavy (non-hydrogen) atoms. The zero-order chi connectivity index (χ0) is 19.6. The number of aryl methyl sites for hydroxylation is 1. The van der Waals surface area contributed by atoms with Crippen LogP contribution in [0.15, 0.2) is 6.33 Å². The fourth-order valence-corrected chi connectivity index (χ4v) is 4.60. The van der Waals surface area contributed by atoms with Crippen molar-refractivity contribution in [2.24, 2.45) is 11.7 Å². The summed E-state index contributed by atoms with van der Waals surface area (Å²) in [6.07, 6.45) is 4.57. The first-order valence-corrected chi connectivity index (χ1v) is 9.44. The number of nitrogens with one attached hydrogen (secondary N) is 1. The summed E-state index contributed by atoms with van der Waals surface area (Å²) in [4.78, 5) is 38.7. The summed E-state index contributed by atoms with van der Waals surface area (Å²) in [5.74, 6) is -0.679. The number of thiophene rings is 1. The first kappa shape index (κ1) is 19.0. The lowest BCUT2D eigenvalue weighted by Crippen LogP contribution is -2.19. The quantitative estimate of drug-likeness (QED) is 0.543. The Balaban J connectivity index is 1.60. The SMILES string of the molecule is C[C@H]1CCc2c(sc(NC(=O)CCCn3cnc([N+](=O)[O-])n3)c2C(N)=O)C1. The average Bonchev–Trinajstić information content (AvgIpc) is 3.18. The second kappa shape index (κ2) is 7.82. The minimum absolute atomic E-state index is 0.185. The van der Waals surface area contributed by atoms with Gasteiger partial charge in [0.05, 0.1) is 12.1 Å². The van der Waals surface area contributed by atoms with E-state index >= 15 is 0 Å². The van der Waals surface area contributed by atoms with E-state index in [0.29, 0.717) is 29.4 Å². The van der Waals surface area contributed by atoms with E-state index in [2.05, 4.69) is 22.3 Å². The molecule has 0 spiro atoms. The topological polar surface area (TPSA) is 146 Å². The minimum Gasteiger partial charge on any atom is -0.390 e. The zero-order valence-corrected chi connectivity index (χ0v) is 15.6. The molecule has 0 bridgehead atoms. The lowest BCUT2D eigenvalue weighted by Gasteiger charge is -2.18. The lowest BCUT2D eigenvalue weighted by atomic mass is 9.88. The highest BCUT2D eigenvalue weighted by atomic mass is 32.1. The fraction of sp³-hybridized carbons (Fsp3) is 0.500. The second-order valence-electron chi connectivity index (χ2n) is 6.64. The smallest absolute Gasteiger partial charge is 0.390 e. The molecule has 1 aliphatic rings. The molecule has 10 nitrogen and oxygen atoms in total. The third-order valence-electron chi connectivity index (χ3n) is 4.49. The molecule has 2 amide bonds. The first-order valence-electron chi connectivity index (χ1n) is 8.63. The molecule has 0 unspecified atom stereocenters. The predicted molar refractivity (Wildman–Crippen MR) is 98.6 cm³/mol. The number of rotatable bonds is 7. The van der Waals surface area contributed by atoms with Crippen molar-refractivity contribution in [3.63, 3.8) is 0 Å². The van der Waals surface area contributed by atoms with Crippen molar-refractivity contribution in [3.8, 4) is 0 Å². The molecule has 11 heteroatoms. The van der Waals surface area contributed by atoms with Crippen LogP contribution >= 0.6 is 11.3 Å². The number of amides is 2. The third kappa shape index (κ3) is 4.30. The molecule has 1 aliphatic carbocycles. The maximum Gasteiger partial charge on any atom is 0.490 e. The van der Waals surface area contributed by atoms with Gasteiger partial charge in [0.1, 0.15) is 5.00 Å². The van der Waals surface area contributed by atoms with Crippen molar-refractivity contribution >= 4 is 34.1 Å². The van der Waals surface area contributed by atoms with Crippen LogP contribution in [0.25, 0.3) is 0 Å². The van der Waals surface area contributed by atoms with Crippen LogP contribution in [0.2, 0.25) is 0 Å². The van der Waals surface area contributed by atoms with E-state index in [0.717, 1.165) is 29.7 Å². The van der Waals surface area contributed by atoms with Gasteiger partial charge in [-0.3, -0.25) is 9.59 Å². The zero-order valence-electron chi connectivity index (χ0n) is 14.8. The van der Waals surface area contributed by atoms with Gasteiger partial charge in [0.15, 0.2) is 0 Å². The number of nitro groups is 1. The van der Waals surface area contributed by atoms with E-state index in [9.17, 15) is 19.7 Å². The van der Waals surface area contributed by atoms with Crippen molar-refractivity contribution in [3.05, 3.63) is 32.4 Å². The summed E-state index contributed by atoms with van der Waals surface area (Å²) in [5, 5.41) is 17.6. The molecule has 0 aromatic carbocycles. The molecule has 3 N–H and O–H groups in total. The molecular formula is C16H20N6O4S. The predicted octanol–water partition coefficient (Wildman–Crippen LogP) is 1.89. The summed E-state index contributed by atoms with van der Waals surface area (Å²) in [5.41, 5.74) is 6.94. The Bertz CT molecular complexity index is 890. The van der Waals surface area contributed by atoms with Crippen LogP contribution in [0.3, 0.4) is 0 Å². The molecule has 144 valence electrons. The molecule has 3 rings (SSSR count). The minimum atomic E-state index is -0.673. The van der Waals surface area contributed by atoms with Gasteiger partial charge in [-0.25, -0.2) is 0 Å². The Morgan fingerprint density at radius 3 is 2.96 bits per heavy atom. The lowest BCUT2D eigenvalue weighted by molar-refractivity contribution is -0.394. The third-order valence-corrected chi connectivity index (χ3v) is 5.66. The van der Waals surface area contributed by atoms with Gasteiger partial charge in [-0.1, -0.05) is 11.9 Å². The van der Waals surface area contributed by atoms with Gasteiger partial charge in [0, 0.05) is 16.4 Å². The number of carbonyl (C=O) groups is 2. The number of carbonyl (C=O) groups excluding carboxylic acids is 2. The van der Waals surface area contributed by atoms with Gasteiger partial charge in [-0.2, -0.15) is 4.68 Å². The number of primary amides is 1. The van der Waals surface area contributed by atoms with Gasteiger partial charge in [0.25, 0.3) is 5.91 Å². The highest BCUT2D eigenvalue weighted by Crippen LogP contribution is 2.39. The monoisotopic (exact) mass is 392 g/mol. The summed E-state index contributed by atoms with van der Waals surface area (Å²) in [6.45, 7) is 2.49. The van der Waals surface area contributed by atoms with Crippen molar-refractivity contribution in [2.45, 2.75) is 45.6 Å². The number of hydrogen-bond acceptors (Lipinski definition) is 7. The van der Waals surface area contributed by atoms with Crippen molar-refractivity contribution in [2.75, 3.05) is 5.32 Å². The fourth-order valence-electron chi connectivity index (χ4n) is 3.17. The molecular weight excluding hydrogens is 372 g/mol. The van der Waals surface area contributed by atoms with Crippen molar-refractivity contribution < 1.29 is 14.5 Å². The molecule has 0 saturated carbocycles. The number of hydrogen-bond donors (Lipinski definition) is 2. The Labute approximate surface area is 158 Å². The van der Waals surface area contributed by atoms with E-state index < -0.39 is 16.8 Å². The van der Waals surface area contributed by atoms with Gasteiger partial charge < -0.3 is 21.2 Å². The van der Waals surface area contributed by atoms with Gasteiger partial charge >= 0.3 is 5.95 Å². The number of anilines is 1. The molecule has 0 saturated heterocycles. The maximum atomic E-state index is 12.3. The first-order chi connectivity index (χ1) is 12.8. The largest absolute Gasteiger partial charge is 0.490 e. The van der Waals surface area contributed by atoms with Gasteiger partial charge in [0.2, 0.25) is 12.2 Å². The standard InChI is InChI=1S/C16H20N6O4S/c1-9-4-5-10-11(7-9)27-15(13(10)14(17)24)19-12(23)3-2-6-21-8-18-16(20-21)22(25)26/h8-9H,2-7H2,1H3,(H2,17,24)(H,19,23)/t9-/m0/s1. The summed E-state index contributed by atoms with van der Waals surface area (Å²) >= 11 is 1.42.